The van der Waals surface area contributed by atoms with Gasteiger partial charge < -0.3 is 10.5 Å². The van der Waals surface area contributed by atoms with Crippen molar-refractivity contribution in [2.24, 2.45) is 10.7 Å². The third kappa shape index (κ3) is 2.86. The van der Waals surface area contributed by atoms with Gasteiger partial charge in [0.1, 0.15) is 12.0 Å². The Bertz CT molecular complexity index is 794. The van der Waals surface area contributed by atoms with Crippen molar-refractivity contribution < 1.29 is 9.13 Å². The van der Waals surface area contributed by atoms with Gasteiger partial charge in [-0.3, -0.25) is 10.1 Å². The van der Waals surface area contributed by atoms with Crippen molar-refractivity contribution in [1.82, 2.24) is 10.2 Å². The summed E-state index contributed by atoms with van der Waals surface area (Å²) in [4.78, 5) is 4.21. The summed E-state index contributed by atoms with van der Waals surface area (Å²) in [5.41, 5.74) is 6.16. The summed E-state index contributed by atoms with van der Waals surface area (Å²) in [5.74, 6) is -0.564. The van der Waals surface area contributed by atoms with Crippen LogP contribution in [-0.4, -0.2) is 22.6 Å². The predicted octanol–water partition coefficient (Wildman–Crippen LogP) is 3.75. The number of rotatable bonds is 4. The number of aromatic amines is 1. The number of halogens is 3. The zero-order chi connectivity index (χ0) is 17.3. The van der Waals surface area contributed by atoms with E-state index < -0.39 is 23.7 Å². The van der Waals surface area contributed by atoms with Crippen molar-refractivity contribution >= 4 is 29.4 Å². The van der Waals surface area contributed by atoms with Gasteiger partial charge >= 0.3 is 0 Å². The number of benzene rings is 1. The van der Waals surface area contributed by atoms with Crippen LogP contribution >= 0.6 is 23.2 Å². The molecule has 0 saturated carbocycles. The third-order valence-electron chi connectivity index (χ3n) is 3.92. The van der Waals surface area contributed by atoms with Crippen LogP contribution < -0.4 is 5.73 Å². The Balaban J connectivity index is 2.02. The number of dihydropyridines is 1. The van der Waals surface area contributed by atoms with Gasteiger partial charge in [0.15, 0.2) is 5.60 Å². The first-order chi connectivity index (χ1) is 11.5. The number of nitrogens with zero attached hydrogens (tertiary/aromatic N) is 2. The first-order valence-electron chi connectivity index (χ1n) is 7.23. The van der Waals surface area contributed by atoms with E-state index in [0.717, 1.165) is 0 Å². The average Bonchev–Trinajstić information content (AvgIpc) is 3.08. The summed E-state index contributed by atoms with van der Waals surface area (Å²) in [6.07, 6.45) is 7.05. The fourth-order valence-corrected chi connectivity index (χ4v) is 3.39. The molecule has 24 heavy (non-hydrogen) atoms. The molecule has 3 unspecified atom stereocenters. The second-order valence-corrected chi connectivity index (χ2v) is 6.18. The molecule has 0 aliphatic carbocycles. The lowest BCUT2D eigenvalue weighted by Crippen LogP contribution is -2.46. The fourth-order valence-electron chi connectivity index (χ4n) is 2.71. The van der Waals surface area contributed by atoms with Crippen LogP contribution in [-0.2, 0) is 10.3 Å². The van der Waals surface area contributed by atoms with Crippen LogP contribution in [0.2, 0.25) is 10.0 Å². The molecule has 0 radical (unpaired) electrons. The summed E-state index contributed by atoms with van der Waals surface area (Å²) < 4.78 is 20.0. The second-order valence-electron chi connectivity index (χ2n) is 5.40. The van der Waals surface area contributed by atoms with Gasteiger partial charge in [0.25, 0.3) is 0 Å². The molecule has 3 atom stereocenters. The van der Waals surface area contributed by atoms with Crippen molar-refractivity contribution in [1.29, 1.82) is 0 Å². The highest BCUT2D eigenvalue weighted by atomic mass is 35.5. The van der Waals surface area contributed by atoms with E-state index in [0.29, 0.717) is 16.1 Å². The van der Waals surface area contributed by atoms with Crippen LogP contribution in [0.4, 0.5) is 4.39 Å². The van der Waals surface area contributed by atoms with E-state index in [-0.39, 0.29) is 5.02 Å². The van der Waals surface area contributed by atoms with E-state index in [9.17, 15) is 4.39 Å². The van der Waals surface area contributed by atoms with Gasteiger partial charge in [-0.05, 0) is 31.2 Å². The number of ether oxygens (including phenoxy) is 1. The lowest BCUT2D eigenvalue weighted by molar-refractivity contribution is -0.0764. The molecule has 0 spiro atoms. The zero-order valence-corrected chi connectivity index (χ0v) is 14.2. The lowest BCUT2D eigenvalue weighted by atomic mass is 9.90. The number of allylic oxidation sites excluding steroid dienone is 1. The summed E-state index contributed by atoms with van der Waals surface area (Å²) in [6, 6.07) is 2.65. The van der Waals surface area contributed by atoms with E-state index in [4.69, 9.17) is 33.7 Å². The molecular weight excluding hydrogens is 354 g/mol. The molecule has 2 heterocycles. The molecule has 3 rings (SSSR count). The Labute approximate surface area is 148 Å². The number of nitrogens with one attached hydrogen (secondary N) is 1. The van der Waals surface area contributed by atoms with E-state index in [1.54, 1.807) is 37.7 Å². The molecule has 1 aliphatic heterocycles. The maximum absolute atomic E-state index is 13.8. The van der Waals surface area contributed by atoms with E-state index in [1.807, 2.05) is 0 Å². The van der Waals surface area contributed by atoms with Crippen molar-refractivity contribution in [3.8, 4) is 0 Å². The van der Waals surface area contributed by atoms with Gasteiger partial charge in [-0.2, -0.15) is 5.10 Å². The molecule has 0 bridgehead atoms. The van der Waals surface area contributed by atoms with Crippen LogP contribution in [0.25, 0.3) is 0 Å². The molecule has 1 aromatic heterocycles. The Kier molecular flexibility index (Phi) is 4.73. The molecule has 126 valence electrons. The zero-order valence-electron chi connectivity index (χ0n) is 12.7. The maximum atomic E-state index is 13.8. The molecule has 1 aromatic carbocycles. The number of aliphatic imine (C=N–C) groups is 1. The highest BCUT2D eigenvalue weighted by molar-refractivity contribution is 6.36. The standard InChI is InChI=1S/C16H15Cl2FN4O/c1-9(13-11(17)3-4-12(19)14(13)18)24-16(10-7-22-23-8-10)5-2-6-21-15(16)20/h2-9,15H,20H2,1H3,(H,22,23). The number of hydrogen-bond acceptors (Lipinski definition) is 4. The number of H-pyrrole nitrogens is 1. The molecule has 8 heteroatoms. The minimum atomic E-state index is -1.07. The first-order valence-corrected chi connectivity index (χ1v) is 7.98. The number of nitrogens with two attached hydrogens (primary N) is 1. The first kappa shape index (κ1) is 17.1. The number of hydrogen-bond donors (Lipinski definition) is 2. The Morgan fingerprint density at radius 3 is 2.88 bits per heavy atom. The monoisotopic (exact) mass is 368 g/mol. The summed E-state index contributed by atoms with van der Waals surface area (Å²) in [6.45, 7) is 1.73. The summed E-state index contributed by atoms with van der Waals surface area (Å²) in [7, 11) is 0. The van der Waals surface area contributed by atoms with Crippen molar-refractivity contribution in [3.05, 3.63) is 63.7 Å². The summed E-state index contributed by atoms with van der Waals surface area (Å²) in [5, 5.41) is 6.92. The molecule has 2 aromatic rings. The van der Waals surface area contributed by atoms with Crippen LogP contribution in [0.1, 0.15) is 24.2 Å². The van der Waals surface area contributed by atoms with Gasteiger partial charge in [-0.1, -0.05) is 23.2 Å². The highest BCUT2D eigenvalue weighted by Crippen LogP contribution is 2.41. The minimum absolute atomic E-state index is 0.0748. The van der Waals surface area contributed by atoms with Crippen LogP contribution in [0.3, 0.4) is 0 Å². The quantitative estimate of drug-likeness (QED) is 0.806. The highest BCUT2D eigenvalue weighted by Gasteiger charge is 2.41. The van der Waals surface area contributed by atoms with Crippen LogP contribution in [0.15, 0.2) is 41.7 Å². The van der Waals surface area contributed by atoms with Crippen molar-refractivity contribution in [2.45, 2.75) is 24.8 Å². The van der Waals surface area contributed by atoms with E-state index >= 15 is 0 Å². The van der Waals surface area contributed by atoms with Gasteiger partial charge in [0.2, 0.25) is 0 Å². The Morgan fingerprint density at radius 2 is 2.21 bits per heavy atom. The third-order valence-corrected chi connectivity index (χ3v) is 4.64. The average molecular weight is 369 g/mol. The Morgan fingerprint density at radius 1 is 1.42 bits per heavy atom. The SMILES string of the molecule is CC(OC1(c2cn[nH]c2)C=CC=NC1N)c1c(Cl)ccc(F)c1Cl. The van der Waals surface area contributed by atoms with Crippen LogP contribution in [0.5, 0.6) is 0 Å². The maximum Gasteiger partial charge on any atom is 0.150 e. The molecule has 3 N–H and O–H groups in total. The molecule has 0 amide bonds. The molecule has 0 saturated heterocycles. The normalized spacial score (nSPS) is 24.3. The van der Waals surface area contributed by atoms with Gasteiger partial charge in [-0.15, -0.1) is 0 Å². The van der Waals surface area contributed by atoms with Crippen molar-refractivity contribution in [2.75, 3.05) is 0 Å². The second kappa shape index (κ2) is 6.64. The topological polar surface area (TPSA) is 76.3 Å². The van der Waals surface area contributed by atoms with Gasteiger partial charge in [0.05, 0.1) is 17.3 Å². The largest absolute Gasteiger partial charge is 0.355 e. The van der Waals surface area contributed by atoms with Gasteiger partial charge in [0, 0.05) is 28.6 Å². The van der Waals surface area contributed by atoms with Crippen molar-refractivity contribution in [3.63, 3.8) is 0 Å². The Hall–Kier alpha value is -1.73. The molecule has 5 nitrogen and oxygen atoms in total. The lowest BCUT2D eigenvalue weighted by Gasteiger charge is -2.37. The predicted molar refractivity (Wildman–Crippen MR) is 91.8 cm³/mol. The van der Waals surface area contributed by atoms with E-state index in [2.05, 4.69) is 15.2 Å². The minimum Gasteiger partial charge on any atom is -0.355 e. The summed E-state index contributed by atoms with van der Waals surface area (Å²) >= 11 is 12.3. The molecule has 1 aliphatic rings. The van der Waals surface area contributed by atoms with E-state index in [1.165, 1.54) is 12.1 Å². The number of aromatic nitrogens is 2. The smallest absolute Gasteiger partial charge is 0.150 e. The fraction of sp³-hybridized carbons (Fsp3) is 0.250. The van der Waals surface area contributed by atoms with Crippen LogP contribution in [0, 0.1) is 5.82 Å². The molecular formula is C16H15Cl2FN4O. The molecule has 0 fully saturated rings. The van der Waals surface area contributed by atoms with Gasteiger partial charge in [-0.25, -0.2) is 4.39 Å².